The predicted molar refractivity (Wildman–Crippen MR) is 118 cm³/mol. The van der Waals surface area contributed by atoms with Crippen LogP contribution in [0.4, 0.5) is 0 Å². The van der Waals surface area contributed by atoms with Crippen molar-refractivity contribution in [2.45, 2.75) is 148 Å². The van der Waals surface area contributed by atoms with Crippen LogP contribution in [0.25, 0.3) is 0 Å². The number of Topliss-reactive ketones (excluding diaryl/α,β-unsaturated/α-hetero) is 1. The first-order valence-electron chi connectivity index (χ1n) is 11.9. The molecule has 1 unspecified atom stereocenters. The van der Waals surface area contributed by atoms with Crippen molar-refractivity contribution in [1.29, 1.82) is 0 Å². The second-order valence-corrected chi connectivity index (χ2v) is 8.66. The Hall–Kier alpha value is -0.0400. The summed E-state index contributed by atoms with van der Waals surface area (Å²) < 4.78 is 0. The molecule has 0 aliphatic heterocycles. The molecular weight excluding hydrogens is 340 g/mol. The maximum absolute atomic E-state index is 12.1. The summed E-state index contributed by atoms with van der Waals surface area (Å²) in [4.78, 5) is 12.1. The fraction of sp³-hybridized carbons (Fsp3) is 0.958. The van der Waals surface area contributed by atoms with Gasteiger partial charge in [-0.1, -0.05) is 123 Å². The van der Waals surface area contributed by atoms with E-state index in [0.29, 0.717) is 6.42 Å². The molecule has 0 rings (SSSR count). The molecule has 0 fully saturated rings. The molecule has 0 aromatic heterocycles. The van der Waals surface area contributed by atoms with Crippen LogP contribution in [0.3, 0.4) is 0 Å². The zero-order valence-corrected chi connectivity index (χ0v) is 18.8. The van der Waals surface area contributed by atoms with Crippen LogP contribution in [0.2, 0.25) is 0 Å². The molecule has 0 aliphatic carbocycles. The number of hydrogen-bond donors (Lipinski definition) is 0. The molecule has 26 heavy (non-hydrogen) atoms. The van der Waals surface area contributed by atoms with Crippen LogP contribution in [0.5, 0.6) is 0 Å². The first-order chi connectivity index (χ1) is 12.7. The van der Waals surface area contributed by atoms with E-state index in [9.17, 15) is 4.79 Å². The van der Waals surface area contributed by atoms with Crippen LogP contribution in [0.15, 0.2) is 0 Å². The normalized spacial score (nSPS) is 12.4. The number of rotatable bonds is 21. The molecule has 0 heterocycles. The van der Waals surface area contributed by atoms with Gasteiger partial charge in [0.15, 0.2) is 5.78 Å². The van der Waals surface area contributed by atoms with Gasteiger partial charge in [0.05, 0.1) is 5.38 Å². The number of carbonyl (C=O) groups is 1. The van der Waals surface area contributed by atoms with Gasteiger partial charge >= 0.3 is 0 Å². The van der Waals surface area contributed by atoms with Gasteiger partial charge in [0.25, 0.3) is 0 Å². The van der Waals surface area contributed by atoms with E-state index < -0.39 is 0 Å². The SMILES string of the molecule is CCCCCCCCCCCC(=O)C(Cl)CCCCCCCCCCC. The fourth-order valence-corrected chi connectivity index (χ4v) is 3.83. The average Bonchev–Trinajstić information content (AvgIpc) is 2.65. The molecular formula is C24H47ClO. The van der Waals surface area contributed by atoms with Gasteiger partial charge in [-0.2, -0.15) is 0 Å². The van der Waals surface area contributed by atoms with Gasteiger partial charge in [-0.05, 0) is 12.8 Å². The van der Waals surface area contributed by atoms with Crippen molar-refractivity contribution >= 4 is 17.4 Å². The van der Waals surface area contributed by atoms with Crippen molar-refractivity contribution in [3.63, 3.8) is 0 Å². The Bertz CT molecular complexity index is 290. The number of unbranched alkanes of at least 4 members (excludes halogenated alkanes) is 16. The Balaban J connectivity index is 3.33. The molecule has 1 atom stereocenters. The van der Waals surface area contributed by atoms with Crippen LogP contribution in [-0.2, 0) is 4.79 Å². The van der Waals surface area contributed by atoms with Crippen LogP contribution in [-0.4, -0.2) is 11.2 Å². The minimum atomic E-state index is -0.228. The zero-order valence-electron chi connectivity index (χ0n) is 18.0. The minimum absolute atomic E-state index is 0.228. The third kappa shape index (κ3) is 18.7. The molecule has 1 nitrogen and oxygen atoms in total. The summed E-state index contributed by atoms with van der Waals surface area (Å²) in [6, 6.07) is 0. The average molecular weight is 387 g/mol. The lowest BCUT2D eigenvalue weighted by molar-refractivity contribution is -0.119. The Labute approximate surface area is 170 Å². The largest absolute Gasteiger partial charge is 0.298 e. The summed E-state index contributed by atoms with van der Waals surface area (Å²) in [5.41, 5.74) is 0. The minimum Gasteiger partial charge on any atom is -0.298 e. The molecule has 0 bridgehead atoms. The summed E-state index contributed by atoms with van der Waals surface area (Å²) in [6.07, 6.45) is 25.2. The summed E-state index contributed by atoms with van der Waals surface area (Å²) in [5.74, 6) is 0.286. The van der Waals surface area contributed by atoms with Crippen LogP contribution in [0.1, 0.15) is 142 Å². The van der Waals surface area contributed by atoms with Crippen LogP contribution < -0.4 is 0 Å². The van der Waals surface area contributed by atoms with E-state index in [0.717, 1.165) is 19.3 Å². The molecule has 0 saturated heterocycles. The zero-order chi connectivity index (χ0) is 19.3. The Kier molecular flexibility index (Phi) is 21.2. The molecule has 0 radical (unpaired) electrons. The Morgan fingerprint density at radius 2 is 0.923 bits per heavy atom. The van der Waals surface area contributed by atoms with Gasteiger partial charge in [-0.15, -0.1) is 11.6 Å². The number of halogens is 1. The first kappa shape index (κ1) is 26.0. The van der Waals surface area contributed by atoms with E-state index in [-0.39, 0.29) is 11.2 Å². The topological polar surface area (TPSA) is 17.1 Å². The molecule has 0 saturated carbocycles. The van der Waals surface area contributed by atoms with E-state index in [1.54, 1.807) is 0 Å². The molecule has 0 amide bonds. The lowest BCUT2D eigenvalue weighted by Gasteiger charge is -2.08. The van der Waals surface area contributed by atoms with Gasteiger partial charge < -0.3 is 0 Å². The van der Waals surface area contributed by atoms with Gasteiger partial charge in [-0.25, -0.2) is 0 Å². The van der Waals surface area contributed by atoms with Crippen molar-refractivity contribution in [3.05, 3.63) is 0 Å². The number of alkyl halides is 1. The lowest BCUT2D eigenvalue weighted by Crippen LogP contribution is -2.14. The predicted octanol–water partition coefficient (Wildman–Crippen LogP) is 9.00. The van der Waals surface area contributed by atoms with Crippen molar-refractivity contribution in [3.8, 4) is 0 Å². The first-order valence-corrected chi connectivity index (χ1v) is 12.3. The van der Waals surface area contributed by atoms with E-state index in [4.69, 9.17) is 11.6 Å². The monoisotopic (exact) mass is 386 g/mol. The lowest BCUT2D eigenvalue weighted by atomic mass is 10.0. The van der Waals surface area contributed by atoms with E-state index in [1.807, 2.05) is 0 Å². The molecule has 0 aromatic rings. The Morgan fingerprint density at radius 3 is 1.35 bits per heavy atom. The standard InChI is InChI=1S/C24H47ClO/c1-3-5-7-9-11-13-15-17-19-21-23(25)24(26)22-20-18-16-14-12-10-8-6-4-2/h23H,3-22H2,1-2H3. The van der Waals surface area contributed by atoms with Gasteiger partial charge in [0.1, 0.15) is 0 Å². The highest BCUT2D eigenvalue weighted by atomic mass is 35.5. The van der Waals surface area contributed by atoms with E-state index >= 15 is 0 Å². The summed E-state index contributed by atoms with van der Waals surface area (Å²) in [6.45, 7) is 4.52. The molecule has 0 aromatic carbocycles. The molecule has 0 spiro atoms. The summed E-state index contributed by atoms with van der Waals surface area (Å²) >= 11 is 6.29. The van der Waals surface area contributed by atoms with Crippen molar-refractivity contribution < 1.29 is 4.79 Å². The van der Waals surface area contributed by atoms with Crippen LogP contribution in [0, 0.1) is 0 Å². The number of carbonyl (C=O) groups excluding carboxylic acids is 1. The molecule has 2 heteroatoms. The van der Waals surface area contributed by atoms with Crippen molar-refractivity contribution in [2.75, 3.05) is 0 Å². The van der Waals surface area contributed by atoms with Crippen LogP contribution >= 0.6 is 11.6 Å². The van der Waals surface area contributed by atoms with Gasteiger partial charge in [0, 0.05) is 6.42 Å². The highest BCUT2D eigenvalue weighted by Crippen LogP contribution is 2.17. The van der Waals surface area contributed by atoms with E-state index in [2.05, 4.69) is 13.8 Å². The highest BCUT2D eigenvalue weighted by molar-refractivity contribution is 6.31. The Morgan fingerprint density at radius 1 is 0.577 bits per heavy atom. The quantitative estimate of drug-likeness (QED) is 0.142. The highest BCUT2D eigenvalue weighted by Gasteiger charge is 2.14. The second-order valence-electron chi connectivity index (χ2n) is 8.13. The van der Waals surface area contributed by atoms with Gasteiger partial charge in [-0.3, -0.25) is 4.79 Å². The maximum atomic E-state index is 12.1. The third-order valence-electron chi connectivity index (χ3n) is 5.44. The third-order valence-corrected chi connectivity index (χ3v) is 5.90. The molecule has 0 aliphatic rings. The van der Waals surface area contributed by atoms with Gasteiger partial charge in [0.2, 0.25) is 0 Å². The van der Waals surface area contributed by atoms with Crippen molar-refractivity contribution in [1.82, 2.24) is 0 Å². The number of hydrogen-bond acceptors (Lipinski definition) is 1. The smallest absolute Gasteiger partial charge is 0.150 e. The number of ketones is 1. The van der Waals surface area contributed by atoms with Crippen molar-refractivity contribution in [2.24, 2.45) is 0 Å². The summed E-state index contributed by atoms with van der Waals surface area (Å²) in [7, 11) is 0. The van der Waals surface area contributed by atoms with E-state index in [1.165, 1.54) is 103 Å². The summed E-state index contributed by atoms with van der Waals surface area (Å²) in [5, 5.41) is -0.228. The molecule has 156 valence electrons. The second kappa shape index (κ2) is 21.3. The maximum Gasteiger partial charge on any atom is 0.150 e. The molecule has 0 N–H and O–H groups in total. The fourth-order valence-electron chi connectivity index (χ4n) is 3.56.